The average molecular weight is 284 g/mol. The molecule has 1 aliphatic carbocycles. The number of aliphatic carboxylic acids is 1. The molecule has 0 radical (unpaired) electrons. The number of carboxylic acid groups (broad SMARTS) is 1. The normalized spacial score (nSPS) is 21.4. The SMILES string of the molecule is Cc1ccc(-c2noc([C@@H]3CC=CC[C@@H]3C(=O)O)n2)cc1. The number of hydrogen-bond donors (Lipinski definition) is 1. The van der Waals surface area contributed by atoms with Crippen LogP contribution in [0.25, 0.3) is 11.4 Å². The summed E-state index contributed by atoms with van der Waals surface area (Å²) in [6, 6.07) is 7.82. The van der Waals surface area contributed by atoms with Gasteiger partial charge in [0.2, 0.25) is 11.7 Å². The minimum absolute atomic E-state index is 0.251. The van der Waals surface area contributed by atoms with Crippen molar-refractivity contribution in [1.29, 1.82) is 0 Å². The van der Waals surface area contributed by atoms with Gasteiger partial charge in [-0.05, 0) is 19.8 Å². The first-order valence-corrected chi connectivity index (χ1v) is 6.93. The molecule has 0 spiro atoms. The van der Waals surface area contributed by atoms with Gasteiger partial charge in [-0.3, -0.25) is 4.79 Å². The quantitative estimate of drug-likeness (QED) is 0.876. The lowest BCUT2D eigenvalue weighted by Gasteiger charge is -2.21. The van der Waals surface area contributed by atoms with Gasteiger partial charge in [-0.1, -0.05) is 47.1 Å². The van der Waals surface area contributed by atoms with E-state index in [1.165, 1.54) is 0 Å². The van der Waals surface area contributed by atoms with Crippen molar-refractivity contribution in [1.82, 2.24) is 10.1 Å². The van der Waals surface area contributed by atoms with E-state index in [1.807, 2.05) is 43.3 Å². The van der Waals surface area contributed by atoms with Gasteiger partial charge in [-0.25, -0.2) is 0 Å². The van der Waals surface area contributed by atoms with Gasteiger partial charge in [-0.2, -0.15) is 4.98 Å². The summed E-state index contributed by atoms with van der Waals surface area (Å²) in [4.78, 5) is 15.7. The van der Waals surface area contributed by atoms with E-state index in [2.05, 4.69) is 10.1 Å². The van der Waals surface area contributed by atoms with Crippen LogP contribution >= 0.6 is 0 Å². The van der Waals surface area contributed by atoms with Gasteiger partial charge in [0.25, 0.3) is 0 Å². The average Bonchev–Trinajstić information content (AvgIpc) is 2.97. The number of hydrogen-bond acceptors (Lipinski definition) is 4. The van der Waals surface area contributed by atoms with Crippen LogP contribution in [0.2, 0.25) is 0 Å². The summed E-state index contributed by atoms with van der Waals surface area (Å²) in [7, 11) is 0. The Labute approximate surface area is 122 Å². The number of carbonyl (C=O) groups is 1. The van der Waals surface area contributed by atoms with Crippen LogP contribution in [-0.4, -0.2) is 21.2 Å². The van der Waals surface area contributed by atoms with E-state index in [4.69, 9.17) is 4.52 Å². The lowest BCUT2D eigenvalue weighted by Crippen LogP contribution is -2.23. The molecule has 2 aromatic rings. The minimum atomic E-state index is -0.820. The number of allylic oxidation sites excluding steroid dienone is 2. The van der Waals surface area contributed by atoms with Crippen LogP contribution in [0, 0.1) is 12.8 Å². The first-order valence-electron chi connectivity index (χ1n) is 6.93. The molecule has 108 valence electrons. The van der Waals surface area contributed by atoms with Gasteiger partial charge in [0, 0.05) is 5.56 Å². The maximum Gasteiger partial charge on any atom is 0.307 e. The van der Waals surface area contributed by atoms with Crippen LogP contribution in [-0.2, 0) is 4.79 Å². The zero-order valence-electron chi connectivity index (χ0n) is 11.7. The fourth-order valence-corrected chi connectivity index (χ4v) is 2.57. The molecule has 5 heteroatoms. The maximum atomic E-state index is 11.3. The molecular weight excluding hydrogens is 268 g/mol. The second kappa shape index (κ2) is 5.52. The van der Waals surface area contributed by atoms with Crippen LogP contribution in [0.1, 0.15) is 30.2 Å². The van der Waals surface area contributed by atoms with Crippen molar-refractivity contribution < 1.29 is 14.4 Å². The number of benzene rings is 1. The molecule has 21 heavy (non-hydrogen) atoms. The molecule has 1 aromatic heterocycles. The van der Waals surface area contributed by atoms with Gasteiger partial charge in [0.05, 0.1) is 11.8 Å². The number of aromatic nitrogens is 2. The number of rotatable bonds is 3. The summed E-state index contributed by atoms with van der Waals surface area (Å²) in [6.45, 7) is 2.01. The molecule has 1 aromatic carbocycles. The van der Waals surface area contributed by atoms with Crippen molar-refractivity contribution in [3.8, 4) is 11.4 Å². The highest BCUT2D eigenvalue weighted by atomic mass is 16.5. The Morgan fingerprint density at radius 2 is 1.95 bits per heavy atom. The van der Waals surface area contributed by atoms with Gasteiger partial charge >= 0.3 is 5.97 Å². The van der Waals surface area contributed by atoms with Crippen molar-refractivity contribution >= 4 is 5.97 Å². The zero-order chi connectivity index (χ0) is 14.8. The van der Waals surface area contributed by atoms with Crippen LogP contribution in [0.3, 0.4) is 0 Å². The number of aryl methyl sites for hydroxylation is 1. The van der Waals surface area contributed by atoms with Crippen molar-refractivity contribution in [2.45, 2.75) is 25.7 Å². The summed E-state index contributed by atoms with van der Waals surface area (Å²) in [5.41, 5.74) is 2.03. The van der Waals surface area contributed by atoms with E-state index >= 15 is 0 Å². The Hall–Kier alpha value is -2.43. The molecule has 0 fully saturated rings. The van der Waals surface area contributed by atoms with Gasteiger partial charge < -0.3 is 9.63 Å². The van der Waals surface area contributed by atoms with E-state index in [0.717, 1.165) is 11.1 Å². The van der Waals surface area contributed by atoms with Crippen LogP contribution in [0.4, 0.5) is 0 Å². The topological polar surface area (TPSA) is 76.2 Å². The summed E-state index contributed by atoms with van der Waals surface area (Å²) in [6.07, 6.45) is 4.99. The smallest absolute Gasteiger partial charge is 0.307 e. The third kappa shape index (κ3) is 2.72. The van der Waals surface area contributed by atoms with E-state index in [9.17, 15) is 9.90 Å². The molecule has 0 aliphatic heterocycles. The van der Waals surface area contributed by atoms with Gasteiger partial charge in [0.1, 0.15) is 0 Å². The Kier molecular flexibility index (Phi) is 3.56. The van der Waals surface area contributed by atoms with Gasteiger partial charge in [0.15, 0.2) is 0 Å². The van der Waals surface area contributed by atoms with Crippen molar-refractivity contribution in [2.75, 3.05) is 0 Å². The highest BCUT2D eigenvalue weighted by Crippen LogP contribution is 2.34. The molecule has 1 heterocycles. The first kappa shape index (κ1) is 13.5. The lowest BCUT2D eigenvalue weighted by atomic mass is 9.83. The third-order valence-corrected chi connectivity index (χ3v) is 3.82. The minimum Gasteiger partial charge on any atom is -0.481 e. The molecule has 0 amide bonds. The number of carboxylic acids is 1. The molecule has 0 saturated heterocycles. The van der Waals surface area contributed by atoms with Crippen molar-refractivity contribution in [3.63, 3.8) is 0 Å². The van der Waals surface area contributed by atoms with Crippen LogP contribution in [0.5, 0.6) is 0 Å². The summed E-state index contributed by atoms with van der Waals surface area (Å²) >= 11 is 0. The van der Waals surface area contributed by atoms with Crippen LogP contribution < -0.4 is 0 Å². The Bertz CT molecular complexity index is 673. The monoisotopic (exact) mass is 284 g/mol. The molecule has 0 unspecified atom stereocenters. The molecular formula is C16H16N2O3. The lowest BCUT2D eigenvalue weighted by molar-refractivity contribution is -0.142. The fourth-order valence-electron chi connectivity index (χ4n) is 2.57. The highest BCUT2D eigenvalue weighted by molar-refractivity contribution is 5.71. The predicted molar refractivity (Wildman–Crippen MR) is 76.7 cm³/mol. The fraction of sp³-hybridized carbons (Fsp3) is 0.312. The second-order valence-electron chi connectivity index (χ2n) is 5.32. The van der Waals surface area contributed by atoms with Crippen molar-refractivity contribution in [2.24, 2.45) is 5.92 Å². The van der Waals surface area contributed by atoms with E-state index in [1.54, 1.807) is 0 Å². The highest BCUT2D eigenvalue weighted by Gasteiger charge is 2.33. The zero-order valence-corrected chi connectivity index (χ0v) is 11.7. The maximum absolute atomic E-state index is 11.3. The molecule has 3 rings (SSSR count). The van der Waals surface area contributed by atoms with Gasteiger partial charge in [-0.15, -0.1) is 0 Å². The first-order chi connectivity index (χ1) is 10.1. The summed E-state index contributed by atoms with van der Waals surface area (Å²) in [5, 5.41) is 13.3. The summed E-state index contributed by atoms with van der Waals surface area (Å²) < 4.78 is 5.31. The van der Waals surface area contributed by atoms with E-state index in [-0.39, 0.29) is 5.92 Å². The molecule has 0 bridgehead atoms. The second-order valence-corrected chi connectivity index (χ2v) is 5.32. The third-order valence-electron chi connectivity index (χ3n) is 3.82. The van der Waals surface area contributed by atoms with Crippen molar-refractivity contribution in [3.05, 3.63) is 47.9 Å². The molecule has 2 atom stereocenters. The van der Waals surface area contributed by atoms with Crippen LogP contribution in [0.15, 0.2) is 40.9 Å². The van der Waals surface area contributed by atoms with E-state index < -0.39 is 11.9 Å². The Morgan fingerprint density at radius 3 is 2.67 bits per heavy atom. The Morgan fingerprint density at radius 1 is 1.24 bits per heavy atom. The Balaban J connectivity index is 1.88. The standard InChI is InChI=1S/C16H16N2O3/c1-10-6-8-11(9-7-10)14-17-15(21-18-14)12-4-2-3-5-13(12)16(19)20/h2-3,6-9,12-13H,4-5H2,1H3,(H,19,20)/t12-,13+/m1/s1. The molecule has 0 saturated carbocycles. The van der Waals surface area contributed by atoms with E-state index in [0.29, 0.717) is 24.6 Å². The molecule has 1 N–H and O–H groups in total. The molecule has 5 nitrogen and oxygen atoms in total. The summed E-state index contributed by atoms with van der Waals surface area (Å²) in [5.74, 6) is -0.661. The number of nitrogens with zero attached hydrogens (tertiary/aromatic N) is 2. The largest absolute Gasteiger partial charge is 0.481 e. The predicted octanol–water partition coefficient (Wildman–Crippen LogP) is 3.18. The molecule has 1 aliphatic rings.